The predicted molar refractivity (Wildman–Crippen MR) is 67.2 cm³/mol. The quantitative estimate of drug-likeness (QED) is 0.891. The summed E-state index contributed by atoms with van der Waals surface area (Å²) in [5.74, 6) is -0.343. The van der Waals surface area contributed by atoms with Gasteiger partial charge in [0.05, 0.1) is 11.7 Å². The first-order valence-corrected chi connectivity index (χ1v) is 6.26. The van der Waals surface area contributed by atoms with Crippen molar-refractivity contribution in [1.29, 1.82) is 0 Å². The molecule has 1 aromatic heterocycles. The minimum Gasteiger partial charge on any atom is -0.463 e. The number of halogens is 1. The number of amides is 1. The van der Waals surface area contributed by atoms with Crippen LogP contribution in [-0.4, -0.2) is 23.7 Å². The van der Waals surface area contributed by atoms with Crippen molar-refractivity contribution in [2.45, 2.75) is 18.9 Å². The maximum atomic E-state index is 13.2. The van der Waals surface area contributed by atoms with Crippen LogP contribution in [0, 0.1) is 11.7 Å². The molecule has 0 saturated heterocycles. The fourth-order valence-corrected chi connectivity index (χ4v) is 2.38. The average molecular weight is 263 g/mol. The fraction of sp³-hybridized carbons (Fsp3) is 0.357. The average Bonchev–Trinajstić information content (AvgIpc) is 2.75. The Morgan fingerprint density at radius 1 is 1.47 bits per heavy atom. The summed E-state index contributed by atoms with van der Waals surface area (Å²) in [4.78, 5) is 12.0. The lowest BCUT2D eigenvalue weighted by molar-refractivity contribution is 0.0420. The molecule has 5 heteroatoms. The number of aliphatic hydroxyl groups excluding tert-OH is 1. The highest BCUT2D eigenvalue weighted by Crippen LogP contribution is 2.26. The number of fused-ring (bicyclic) bond motifs is 1. The van der Waals surface area contributed by atoms with Gasteiger partial charge in [0.2, 0.25) is 0 Å². The number of nitrogens with one attached hydrogen (secondary N) is 1. The van der Waals surface area contributed by atoms with Gasteiger partial charge in [-0.15, -0.1) is 0 Å². The van der Waals surface area contributed by atoms with E-state index in [4.69, 9.17) is 4.42 Å². The second-order valence-corrected chi connectivity index (χ2v) is 4.99. The molecule has 2 N–H and O–H groups in total. The number of benzene rings is 1. The Balaban J connectivity index is 1.72. The monoisotopic (exact) mass is 263 g/mol. The van der Waals surface area contributed by atoms with Gasteiger partial charge in [0, 0.05) is 11.9 Å². The predicted octanol–water partition coefficient (Wildman–Crippen LogP) is 2.07. The zero-order valence-corrected chi connectivity index (χ0v) is 10.2. The Bertz CT molecular complexity index is 616. The zero-order valence-electron chi connectivity index (χ0n) is 10.2. The highest BCUT2D eigenvalue weighted by molar-refractivity contribution is 6.05. The second kappa shape index (κ2) is 4.66. The highest BCUT2D eigenvalue weighted by Gasteiger charge is 2.27. The SMILES string of the molecule is O=C(NCC1CC(O)C1)c1coc2ccc(F)cc12. The molecule has 2 aromatic rings. The minimum atomic E-state index is -0.398. The molecule has 1 aliphatic rings. The Kier molecular flexibility index (Phi) is 2.98. The van der Waals surface area contributed by atoms with Crippen LogP contribution in [-0.2, 0) is 0 Å². The van der Waals surface area contributed by atoms with Gasteiger partial charge < -0.3 is 14.8 Å². The Labute approximate surface area is 109 Å². The van der Waals surface area contributed by atoms with Crippen molar-refractivity contribution in [3.63, 3.8) is 0 Å². The number of aliphatic hydroxyl groups is 1. The van der Waals surface area contributed by atoms with Crippen LogP contribution in [0.4, 0.5) is 4.39 Å². The van der Waals surface area contributed by atoms with E-state index in [9.17, 15) is 14.3 Å². The normalized spacial score (nSPS) is 22.2. The summed E-state index contributed by atoms with van der Waals surface area (Å²) < 4.78 is 18.4. The van der Waals surface area contributed by atoms with Gasteiger partial charge in [0.1, 0.15) is 17.7 Å². The van der Waals surface area contributed by atoms with E-state index in [0.29, 0.717) is 29.0 Å². The van der Waals surface area contributed by atoms with E-state index < -0.39 is 5.82 Å². The lowest BCUT2D eigenvalue weighted by Gasteiger charge is -2.31. The molecule has 1 saturated carbocycles. The molecule has 0 radical (unpaired) electrons. The van der Waals surface area contributed by atoms with E-state index in [0.717, 1.165) is 12.8 Å². The van der Waals surface area contributed by atoms with Crippen LogP contribution in [0.15, 0.2) is 28.9 Å². The molecule has 1 amide bonds. The Morgan fingerprint density at radius 3 is 3.00 bits per heavy atom. The van der Waals surface area contributed by atoms with Gasteiger partial charge in [-0.25, -0.2) is 4.39 Å². The molecule has 1 aliphatic carbocycles. The van der Waals surface area contributed by atoms with Gasteiger partial charge in [-0.2, -0.15) is 0 Å². The lowest BCUT2D eigenvalue weighted by Crippen LogP contribution is -2.38. The molecule has 1 aromatic carbocycles. The molecular weight excluding hydrogens is 249 g/mol. The van der Waals surface area contributed by atoms with Gasteiger partial charge in [0.15, 0.2) is 0 Å². The van der Waals surface area contributed by atoms with Crippen molar-refractivity contribution in [1.82, 2.24) is 5.32 Å². The first kappa shape index (κ1) is 12.2. The standard InChI is InChI=1S/C14H14FNO3/c15-9-1-2-13-11(5-9)12(7-19-13)14(18)16-6-8-3-10(17)4-8/h1-2,5,7-8,10,17H,3-4,6H2,(H,16,18). The topological polar surface area (TPSA) is 62.5 Å². The van der Waals surface area contributed by atoms with Crippen molar-refractivity contribution in [3.05, 3.63) is 35.8 Å². The van der Waals surface area contributed by atoms with Gasteiger partial charge >= 0.3 is 0 Å². The van der Waals surface area contributed by atoms with Crippen LogP contribution in [0.5, 0.6) is 0 Å². The third-order valence-electron chi connectivity index (χ3n) is 3.54. The zero-order chi connectivity index (χ0) is 13.4. The van der Waals surface area contributed by atoms with Gasteiger partial charge in [-0.05, 0) is 37.0 Å². The van der Waals surface area contributed by atoms with E-state index in [1.54, 1.807) is 0 Å². The molecule has 0 aliphatic heterocycles. The molecule has 19 heavy (non-hydrogen) atoms. The van der Waals surface area contributed by atoms with E-state index >= 15 is 0 Å². The molecule has 0 bridgehead atoms. The van der Waals surface area contributed by atoms with E-state index in [1.807, 2.05) is 0 Å². The number of carbonyl (C=O) groups is 1. The van der Waals surface area contributed by atoms with E-state index in [2.05, 4.69) is 5.32 Å². The number of hydrogen-bond acceptors (Lipinski definition) is 3. The van der Waals surface area contributed by atoms with Crippen LogP contribution < -0.4 is 5.32 Å². The van der Waals surface area contributed by atoms with Crippen molar-refractivity contribution in [2.24, 2.45) is 5.92 Å². The summed E-state index contributed by atoms with van der Waals surface area (Å²) in [6.07, 6.45) is 2.56. The number of rotatable bonds is 3. The molecular formula is C14H14FNO3. The number of carbonyl (C=O) groups excluding carboxylic acids is 1. The molecule has 1 fully saturated rings. The van der Waals surface area contributed by atoms with Crippen LogP contribution in [0.3, 0.4) is 0 Å². The van der Waals surface area contributed by atoms with Crippen molar-refractivity contribution in [3.8, 4) is 0 Å². The summed E-state index contributed by atoms with van der Waals surface area (Å²) in [6.45, 7) is 0.526. The summed E-state index contributed by atoms with van der Waals surface area (Å²) in [6, 6.07) is 4.09. The van der Waals surface area contributed by atoms with Crippen LogP contribution >= 0.6 is 0 Å². The first-order valence-electron chi connectivity index (χ1n) is 6.26. The van der Waals surface area contributed by atoms with Crippen molar-refractivity contribution < 1.29 is 18.7 Å². The Hall–Kier alpha value is -1.88. The molecule has 0 spiro atoms. The third-order valence-corrected chi connectivity index (χ3v) is 3.54. The van der Waals surface area contributed by atoms with E-state index in [-0.39, 0.29) is 12.0 Å². The molecule has 0 unspecified atom stereocenters. The Morgan fingerprint density at radius 2 is 2.26 bits per heavy atom. The van der Waals surface area contributed by atoms with E-state index in [1.165, 1.54) is 24.5 Å². The molecule has 100 valence electrons. The van der Waals surface area contributed by atoms with Crippen LogP contribution in [0.1, 0.15) is 23.2 Å². The summed E-state index contributed by atoms with van der Waals surface area (Å²) >= 11 is 0. The molecule has 3 rings (SSSR count). The summed E-state index contributed by atoms with van der Waals surface area (Å²) in [5.41, 5.74) is 0.833. The van der Waals surface area contributed by atoms with Gasteiger partial charge in [0.25, 0.3) is 5.91 Å². The largest absolute Gasteiger partial charge is 0.463 e. The molecule has 4 nitrogen and oxygen atoms in total. The smallest absolute Gasteiger partial charge is 0.255 e. The number of hydrogen-bond donors (Lipinski definition) is 2. The third kappa shape index (κ3) is 2.33. The maximum Gasteiger partial charge on any atom is 0.255 e. The van der Waals surface area contributed by atoms with Crippen LogP contribution in [0.2, 0.25) is 0 Å². The van der Waals surface area contributed by atoms with Crippen molar-refractivity contribution >= 4 is 16.9 Å². The maximum absolute atomic E-state index is 13.2. The van der Waals surface area contributed by atoms with Gasteiger partial charge in [-0.1, -0.05) is 0 Å². The summed E-state index contributed by atoms with van der Waals surface area (Å²) in [7, 11) is 0. The lowest BCUT2D eigenvalue weighted by atomic mass is 9.82. The minimum absolute atomic E-state index is 0.231. The fourth-order valence-electron chi connectivity index (χ4n) is 2.38. The number of furan rings is 1. The second-order valence-electron chi connectivity index (χ2n) is 4.99. The highest BCUT2D eigenvalue weighted by atomic mass is 19.1. The van der Waals surface area contributed by atoms with Crippen LogP contribution in [0.25, 0.3) is 11.0 Å². The summed E-state index contributed by atoms with van der Waals surface area (Å²) in [5, 5.41) is 12.4. The van der Waals surface area contributed by atoms with Gasteiger partial charge in [-0.3, -0.25) is 4.79 Å². The molecule has 0 atom stereocenters. The molecule has 1 heterocycles. The first-order chi connectivity index (χ1) is 9.13. The van der Waals surface area contributed by atoms with Crippen molar-refractivity contribution in [2.75, 3.05) is 6.54 Å².